The van der Waals surface area contributed by atoms with Gasteiger partial charge >= 0.3 is 6.61 Å². The highest BCUT2D eigenvalue weighted by Gasteiger charge is 2.20. The summed E-state index contributed by atoms with van der Waals surface area (Å²) in [5.74, 6) is -0.196. The van der Waals surface area contributed by atoms with Crippen LogP contribution in [-0.4, -0.2) is 66.6 Å². The predicted octanol–water partition coefficient (Wildman–Crippen LogP) is 2.91. The van der Waals surface area contributed by atoms with E-state index in [1.807, 2.05) is 0 Å². The van der Waals surface area contributed by atoms with Gasteiger partial charge in [-0.3, -0.25) is 9.62 Å². The van der Waals surface area contributed by atoms with Crippen molar-refractivity contribution in [2.24, 2.45) is 0 Å². The van der Waals surface area contributed by atoms with E-state index in [1.54, 1.807) is 19.2 Å². The number of methoxy groups -OCH3 is 2. The van der Waals surface area contributed by atoms with Gasteiger partial charge < -0.3 is 19.5 Å². The molecule has 1 saturated heterocycles. The third-order valence-electron chi connectivity index (χ3n) is 5.38. The Balaban J connectivity index is 1.64. The van der Waals surface area contributed by atoms with Crippen molar-refractivity contribution in [2.75, 3.05) is 45.1 Å². The number of halogens is 2. The van der Waals surface area contributed by atoms with Crippen molar-refractivity contribution in [2.45, 2.75) is 30.6 Å². The van der Waals surface area contributed by atoms with Gasteiger partial charge in [0.05, 0.1) is 17.7 Å². The zero-order valence-corrected chi connectivity index (χ0v) is 19.4. The molecule has 0 saturated carbocycles. The number of alkyl halides is 2. The Hall–Kier alpha value is -2.47. The van der Waals surface area contributed by atoms with Crippen LogP contribution in [0.5, 0.6) is 11.5 Å². The molecule has 0 aromatic heterocycles. The van der Waals surface area contributed by atoms with Crippen molar-refractivity contribution < 1.29 is 31.4 Å². The number of nitrogens with one attached hydrogen (secondary N) is 2. The first-order valence-electron chi connectivity index (χ1n) is 10.5. The van der Waals surface area contributed by atoms with Crippen LogP contribution in [0.2, 0.25) is 0 Å². The molecule has 0 amide bonds. The molecular weight excluding hydrogens is 456 g/mol. The SMILES string of the molecule is COc1ccc(NS(=O)(=O)c2ccc(CCC(OC)N3CCNCC3)cc2)cc1OC(F)F. The van der Waals surface area contributed by atoms with E-state index in [9.17, 15) is 17.2 Å². The first-order chi connectivity index (χ1) is 15.8. The Morgan fingerprint density at radius 2 is 1.76 bits per heavy atom. The molecule has 2 aromatic rings. The largest absolute Gasteiger partial charge is 0.493 e. The summed E-state index contributed by atoms with van der Waals surface area (Å²) in [4.78, 5) is 2.35. The molecule has 182 valence electrons. The van der Waals surface area contributed by atoms with Crippen LogP contribution < -0.4 is 19.5 Å². The average molecular weight is 486 g/mol. The highest BCUT2D eigenvalue weighted by Crippen LogP contribution is 2.32. The fourth-order valence-electron chi connectivity index (χ4n) is 3.69. The fraction of sp³-hybridized carbons (Fsp3) is 0.455. The van der Waals surface area contributed by atoms with E-state index >= 15 is 0 Å². The number of aryl methyl sites for hydroxylation is 1. The second-order valence-corrected chi connectivity index (χ2v) is 9.19. The lowest BCUT2D eigenvalue weighted by atomic mass is 10.1. The van der Waals surface area contributed by atoms with Gasteiger partial charge in [-0.2, -0.15) is 8.78 Å². The molecule has 0 aliphatic carbocycles. The summed E-state index contributed by atoms with van der Waals surface area (Å²) in [6, 6.07) is 10.5. The maximum absolute atomic E-state index is 12.8. The number of sulfonamides is 1. The molecule has 0 spiro atoms. The molecule has 3 rings (SSSR count). The van der Waals surface area contributed by atoms with Gasteiger partial charge in [-0.1, -0.05) is 12.1 Å². The Labute approximate surface area is 192 Å². The second-order valence-electron chi connectivity index (χ2n) is 7.51. The van der Waals surface area contributed by atoms with Gasteiger partial charge in [0, 0.05) is 39.4 Å². The fourth-order valence-corrected chi connectivity index (χ4v) is 4.74. The van der Waals surface area contributed by atoms with Crippen molar-refractivity contribution in [1.29, 1.82) is 0 Å². The van der Waals surface area contributed by atoms with Gasteiger partial charge in [-0.05, 0) is 42.7 Å². The number of ether oxygens (including phenoxy) is 3. The van der Waals surface area contributed by atoms with E-state index in [4.69, 9.17) is 9.47 Å². The molecule has 2 aromatic carbocycles. The van der Waals surface area contributed by atoms with E-state index < -0.39 is 16.6 Å². The van der Waals surface area contributed by atoms with Gasteiger partial charge in [0.15, 0.2) is 11.5 Å². The number of benzene rings is 2. The number of hydrogen-bond acceptors (Lipinski definition) is 7. The molecule has 33 heavy (non-hydrogen) atoms. The third kappa shape index (κ3) is 7.00. The zero-order valence-electron chi connectivity index (χ0n) is 18.6. The standard InChI is InChI=1S/C22H29F2N3O5S/c1-30-19-9-6-17(15-20(19)32-22(23)24)26-33(28,29)18-7-3-16(4-8-18)5-10-21(31-2)27-13-11-25-12-14-27/h3-4,6-9,15,21-22,25-26H,5,10-14H2,1-2H3. The van der Waals surface area contributed by atoms with E-state index in [0.29, 0.717) is 0 Å². The van der Waals surface area contributed by atoms with Gasteiger partial charge in [-0.15, -0.1) is 0 Å². The first kappa shape index (κ1) is 25.2. The number of piperazine rings is 1. The van der Waals surface area contributed by atoms with Crippen LogP contribution in [0.1, 0.15) is 12.0 Å². The van der Waals surface area contributed by atoms with Gasteiger partial charge in [-0.25, -0.2) is 8.42 Å². The normalized spacial score (nSPS) is 15.9. The number of hydrogen-bond donors (Lipinski definition) is 2. The predicted molar refractivity (Wildman–Crippen MR) is 120 cm³/mol. The maximum Gasteiger partial charge on any atom is 0.387 e. The van der Waals surface area contributed by atoms with Gasteiger partial charge in [0.2, 0.25) is 0 Å². The van der Waals surface area contributed by atoms with Crippen molar-refractivity contribution in [3.8, 4) is 11.5 Å². The molecule has 11 heteroatoms. The van der Waals surface area contributed by atoms with E-state index in [1.165, 1.54) is 31.4 Å². The molecule has 0 bridgehead atoms. The van der Waals surface area contributed by atoms with Crippen LogP contribution in [0.4, 0.5) is 14.5 Å². The second kappa shape index (κ2) is 11.6. The van der Waals surface area contributed by atoms with Gasteiger partial charge in [0.25, 0.3) is 10.0 Å². The molecule has 1 atom stereocenters. The molecule has 1 fully saturated rings. The lowest BCUT2D eigenvalue weighted by Gasteiger charge is -2.33. The smallest absolute Gasteiger partial charge is 0.387 e. The summed E-state index contributed by atoms with van der Waals surface area (Å²) in [7, 11) is -0.919. The quantitative estimate of drug-likeness (QED) is 0.506. The van der Waals surface area contributed by atoms with Crippen LogP contribution in [-0.2, 0) is 21.2 Å². The highest BCUT2D eigenvalue weighted by molar-refractivity contribution is 7.92. The minimum atomic E-state index is -3.92. The molecule has 1 aliphatic heterocycles. The van der Waals surface area contributed by atoms with Crippen molar-refractivity contribution >= 4 is 15.7 Å². The van der Waals surface area contributed by atoms with Crippen LogP contribution in [0.25, 0.3) is 0 Å². The molecule has 1 aliphatic rings. The number of anilines is 1. The summed E-state index contributed by atoms with van der Waals surface area (Å²) < 4.78 is 68.1. The minimum Gasteiger partial charge on any atom is -0.493 e. The van der Waals surface area contributed by atoms with Crippen molar-refractivity contribution in [3.63, 3.8) is 0 Å². The third-order valence-corrected chi connectivity index (χ3v) is 6.77. The minimum absolute atomic E-state index is 0.0110. The van der Waals surface area contributed by atoms with Gasteiger partial charge in [0.1, 0.15) is 6.23 Å². The molecule has 2 N–H and O–H groups in total. The highest BCUT2D eigenvalue weighted by atomic mass is 32.2. The van der Waals surface area contributed by atoms with Crippen LogP contribution in [0, 0.1) is 0 Å². The van der Waals surface area contributed by atoms with Crippen molar-refractivity contribution in [3.05, 3.63) is 48.0 Å². The Bertz CT molecular complexity index is 1000. The summed E-state index contributed by atoms with van der Waals surface area (Å²) >= 11 is 0. The van der Waals surface area contributed by atoms with Crippen LogP contribution in [0.3, 0.4) is 0 Å². The van der Waals surface area contributed by atoms with Crippen molar-refractivity contribution in [1.82, 2.24) is 10.2 Å². The average Bonchev–Trinajstić information content (AvgIpc) is 2.80. The van der Waals surface area contributed by atoms with Crippen LogP contribution in [0.15, 0.2) is 47.4 Å². The van der Waals surface area contributed by atoms with E-state index in [-0.39, 0.29) is 28.3 Å². The number of rotatable bonds is 11. The summed E-state index contributed by atoms with van der Waals surface area (Å²) in [6.45, 7) is 0.655. The molecule has 1 heterocycles. The molecule has 8 nitrogen and oxygen atoms in total. The Morgan fingerprint density at radius 3 is 2.36 bits per heavy atom. The first-order valence-corrected chi connectivity index (χ1v) is 12.0. The van der Waals surface area contributed by atoms with E-state index in [0.717, 1.165) is 50.7 Å². The lowest BCUT2D eigenvalue weighted by molar-refractivity contribution is -0.0511. The molecule has 1 unspecified atom stereocenters. The lowest BCUT2D eigenvalue weighted by Crippen LogP contribution is -2.49. The van der Waals surface area contributed by atoms with Crippen LogP contribution >= 0.6 is 0 Å². The maximum atomic E-state index is 12.8. The summed E-state index contributed by atoms with van der Waals surface area (Å²) in [5, 5.41) is 3.32. The summed E-state index contributed by atoms with van der Waals surface area (Å²) in [5.41, 5.74) is 1.07. The molecular formula is C22H29F2N3O5S. The Kier molecular flexibility index (Phi) is 8.84. The Morgan fingerprint density at radius 1 is 1.06 bits per heavy atom. The monoisotopic (exact) mass is 485 g/mol. The summed E-state index contributed by atoms with van der Waals surface area (Å²) in [6.07, 6.45) is 1.54. The topological polar surface area (TPSA) is 89.1 Å². The van der Waals surface area contributed by atoms with E-state index in [2.05, 4.69) is 19.7 Å². The number of nitrogens with zero attached hydrogens (tertiary/aromatic N) is 1. The molecule has 0 radical (unpaired) electrons. The zero-order chi connectivity index (χ0) is 23.8.